The summed E-state index contributed by atoms with van der Waals surface area (Å²) in [5.74, 6) is -1.37. The highest BCUT2D eigenvalue weighted by atomic mass is 35.5. The molecule has 2 aromatic rings. The molecule has 2 atom stereocenters. The van der Waals surface area contributed by atoms with E-state index in [-0.39, 0.29) is 11.6 Å². The van der Waals surface area contributed by atoms with Crippen LogP contribution in [0.4, 0.5) is 5.69 Å². The van der Waals surface area contributed by atoms with Gasteiger partial charge >= 0.3 is 0 Å². The molecule has 0 aliphatic heterocycles. The highest BCUT2D eigenvalue weighted by Gasteiger charge is 2.37. The molecule has 0 unspecified atom stereocenters. The highest BCUT2D eigenvalue weighted by molar-refractivity contribution is 7.67. The SMILES string of the molecule is CCCO[P@](=O)(c1ccc(N(C)C)cc1)[C@H](O)c1ccc(Cl)cc1Cl. The third kappa shape index (κ3) is 4.58. The minimum atomic E-state index is -3.58. The van der Waals surface area contributed by atoms with Crippen molar-refractivity contribution < 1.29 is 14.2 Å². The predicted molar refractivity (Wildman–Crippen MR) is 106 cm³/mol. The van der Waals surface area contributed by atoms with Crippen molar-refractivity contribution in [3.63, 3.8) is 0 Å². The fourth-order valence-electron chi connectivity index (χ4n) is 2.37. The first-order chi connectivity index (χ1) is 11.8. The van der Waals surface area contributed by atoms with Crippen LogP contribution in [0, 0.1) is 0 Å². The molecular weight excluding hydrogens is 380 g/mol. The Morgan fingerprint density at radius 3 is 2.32 bits per heavy atom. The molecule has 0 radical (unpaired) electrons. The number of anilines is 1. The van der Waals surface area contributed by atoms with Crippen molar-refractivity contribution in [2.75, 3.05) is 25.6 Å². The van der Waals surface area contributed by atoms with Gasteiger partial charge in [0.15, 0.2) is 5.85 Å². The van der Waals surface area contributed by atoms with Gasteiger partial charge in [-0.15, -0.1) is 0 Å². The Labute approximate surface area is 158 Å². The summed E-state index contributed by atoms with van der Waals surface area (Å²) in [6, 6.07) is 11.8. The van der Waals surface area contributed by atoms with Crippen LogP contribution in [0.1, 0.15) is 24.8 Å². The van der Waals surface area contributed by atoms with Crippen LogP contribution in [0.15, 0.2) is 42.5 Å². The van der Waals surface area contributed by atoms with E-state index in [9.17, 15) is 9.67 Å². The maximum absolute atomic E-state index is 13.6. The number of rotatable bonds is 7. The number of aliphatic hydroxyl groups is 1. The molecule has 0 aromatic heterocycles. The van der Waals surface area contributed by atoms with Crippen LogP contribution in [0.3, 0.4) is 0 Å². The second-order valence-corrected chi connectivity index (χ2v) is 9.18. The first-order valence-corrected chi connectivity index (χ1v) is 10.4. The maximum Gasteiger partial charge on any atom is 0.264 e. The Bertz CT molecular complexity index is 765. The first-order valence-electron chi connectivity index (χ1n) is 7.95. The molecule has 0 spiro atoms. The fraction of sp³-hybridized carbons (Fsp3) is 0.333. The van der Waals surface area contributed by atoms with Crippen LogP contribution in [0.2, 0.25) is 10.0 Å². The summed E-state index contributed by atoms with van der Waals surface area (Å²) in [4.78, 5) is 1.94. The van der Waals surface area contributed by atoms with Gasteiger partial charge in [-0.25, -0.2) is 0 Å². The molecule has 7 heteroatoms. The van der Waals surface area contributed by atoms with Crippen molar-refractivity contribution in [3.8, 4) is 0 Å². The Morgan fingerprint density at radius 2 is 1.80 bits per heavy atom. The van der Waals surface area contributed by atoms with Gasteiger partial charge in [-0.3, -0.25) is 4.57 Å². The van der Waals surface area contributed by atoms with Gasteiger partial charge in [-0.2, -0.15) is 0 Å². The molecular formula is C18H22Cl2NO3P. The smallest absolute Gasteiger partial charge is 0.264 e. The number of halogens is 2. The van der Waals surface area contributed by atoms with Gasteiger partial charge in [0.05, 0.1) is 6.61 Å². The molecule has 0 saturated heterocycles. The molecule has 136 valence electrons. The van der Waals surface area contributed by atoms with Gasteiger partial charge in [-0.05, 0) is 42.8 Å². The molecule has 0 aliphatic rings. The van der Waals surface area contributed by atoms with Crippen LogP contribution < -0.4 is 10.2 Å². The van der Waals surface area contributed by atoms with E-state index in [1.807, 2.05) is 38.1 Å². The summed E-state index contributed by atoms with van der Waals surface area (Å²) in [6.07, 6.45) is 0.681. The van der Waals surface area contributed by atoms with E-state index < -0.39 is 13.2 Å². The van der Waals surface area contributed by atoms with Gasteiger partial charge in [0.1, 0.15) is 0 Å². The van der Waals surface area contributed by atoms with E-state index in [0.29, 0.717) is 22.3 Å². The molecule has 2 rings (SSSR count). The average molecular weight is 402 g/mol. The van der Waals surface area contributed by atoms with E-state index in [2.05, 4.69) is 0 Å². The van der Waals surface area contributed by atoms with E-state index >= 15 is 0 Å². The normalized spacial score (nSPS) is 14.8. The topological polar surface area (TPSA) is 49.8 Å². The zero-order chi connectivity index (χ0) is 18.6. The van der Waals surface area contributed by atoms with Crippen LogP contribution in [0.5, 0.6) is 0 Å². The summed E-state index contributed by atoms with van der Waals surface area (Å²) in [5.41, 5.74) is 1.30. The molecule has 0 heterocycles. The van der Waals surface area contributed by atoms with Crippen molar-refractivity contribution in [3.05, 3.63) is 58.1 Å². The molecule has 0 saturated carbocycles. The monoisotopic (exact) mass is 401 g/mol. The summed E-state index contributed by atoms with van der Waals surface area (Å²) >= 11 is 12.1. The minimum absolute atomic E-state index is 0.255. The van der Waals surface area contributed by atoms with Gasteiger partial charge in [-0.1, -0.05) is 36.2 Å². The molecule has 0 bridgehead atoms. The average Bonchev–Trinajstić information content (AvgIpc) is 2.59. The van der Waals surface area contributed by atoms with Gasteiger partial charge in [0.25, 0.3) is 7.37 Å². The fourth-order valence-corrected chi connectivity index (χ4v) is 5.14. The van der Waals surface area contributed by atoms with Crippen LogP contribution >= 0.6 is 30.6 Å². The second kappa shape index (κ2) is 8.57. The van der Waals surface area contributed by atoms with E-state index in [0.717, 1.165) is 5.69 Å². The minimum Gasteiger partial charge on any atom is -0.378 e. The van der Waals surface area contributed by atoms with Crippen molar-refractivity contribution in [2.24, 2.45) is 0 Å². The molecule has 0 amide bonds. The molecule has 0 fully saturated rings. The van der Waals surface area contributed by atoms with Crippen LogP contribution in [-0.2, 0) is 9.09 Å². The molecule has 25 heavy (non-hydrogen) atoms. The summed E-state index contributed by atoms with van der Waals surface area (Å²) in [7, 11) is 0.258. The second-order valence-electron chi connectivity index (χ2n) is 5.88. The lowest BCUT2D eigenvalue weighted by Crippen LogP contribution is -2.16. The molecule has 0 aliphatic carbocycles. The van der Waals surface area contributed by atoms with Crippen molar-refractivity contribution >= 4 is 41.6 Å². The van der Waals surface area contributed by atoms with Crippen molar-refractivity contribution in [1.82, 2.24) is 0 Å². The maximum atomic E-state index is 13.6. The third-order valence-corrected chi connectivity index (χ3v) is 6.84. The lowest BCUT2D eigenvalue weighted by molar-refractivity contribution is 0.214. The third-order valence-electron chi connectivity index (χ3n) is 3.78. The number of nitrogens with zero attached hydrogens (tertiary/aromatic N) is 1. The number of hydrogen-bond acceptors (Lipinski definition) is 4. The zero-order valence-corrected chi connectivity index (χ0v) is 16.9. The standard InChI is InChI=1S/C18H22Cl2NO3P/c1-4-11-24-25(23,15-8-6-14(7-9-15)21(2)3)18(22)16-10-5-13(19)12-17(16)20/h5-10,12,18,22H,4,11H2,1-3H3/t18-,25+/m0/s1. The van der Waals surface area contributed by atoms with E-state index in [1.165, 1.54) is 6.07 Å². The number of aliphatic hydroxyl groups excluding tert-OH is 1. The zero-order valence-electron chi connectivity index (χ0n) is 14.4. The Balaban J connectivity index is 2.47. The van der Waals surface area contributed by atoms with Crippen molar-refractivity contribution in [2.45, 2.75) is 19.2 Å². The number of benzene rings is 2. The van der Waals surface area contributed by atoms with Gasteiger partial charge in [0, 0.05) is 40.7 Å². The van der Waals surface area contributed by atoms with E-state index in [1.54, 1.807) is 24.3 Å². The summed E-state index contributed by atoms with van der Waals surface area (Å²) in [5, 5.41) is 12.0. The molecule has 2 aromatic carbocycles. The number of hydrogen-bond donors (Lipinski definition) is 1. The summed E-state index contributed by atoms with van der Waals surface area (Å²) < 4.78 is 19.3. The van der Waals surface area contributed by atoms with Crippen molar-refractivity contribution in [1.29, 1.82) is 0 Å². The Kier molecular flexibility index (Phi) is 6.95. The van der Waals surface area contributed by atoms with Crippen LogP contribution in [-0.4, -0.2) is 25.8 Å². The summed E-state index contributed by atoms with van der Waals surface area (Å²) in [6.45, 7) is 2.19. The first kappa shape index (κ1) is 20.3. The lowest BCUT2D eigenvalue weighted by Gasteiger charge is -2.25. The largest absolute Gasteiger partial charge is 0.378 e. The predicted octanol–water partition coefficient (Wildman–Crippen LogP) is 5.08. The lowest BCUT2D eigenvalue weighted by atomic mass is 10.2. The highest BCUT2D eigenvalue weighted by Crippen LogP contribution is 2.58. The Hall–Kier alpha value is -1.03. The quantitative estimate of drug-likeness (QED) is 0.657. The van der Waals surface area contributed by atoms with Crippen LogP contribution in [0.25, 0.3) is 0 Å². The van der Waals surface area contributed by atoms with Gasteiger partial charge < -0.3 is 14.5 Å². The molecule has 4 nitrogen and oxygen atoms in total. The van der Waals surface area contributed by atoms with E-state index in [4.69, 9.17) is 27.7 Å². The molecule has 1 N–H and O–H groups in total. The van der Waals surface area contributed by atoms with Gasteiger partial charge in [0.2, 0.25) is 0 Å². The Morgan fingerprint density at radius 1 is 1.16 bits per heavy atom.